The second-order valence-electron chi connectivity index (χ2n) is 5.15. The highest BCUT2D eigenvalue weighted by Crippen LogP contribution is 2.26. The second-order valence-corrected chi connectivity index (χ2v) is 5.56. The van der Waals surface area contributed by atoms with E-state index in [1.54, 1.807) is 20.4 Å². The van der Waals surface area contributed by atoms with Crippen molar-refractivity contribution in [3.63, 3.8) is 0 Å². The van der Waals surface area contributed by atoms with Crippen molar-refractivity contribution in [3.8, 4) is 11.5 Å². The fourth-order valence-electron chi connectivity index (χ4n) is 2.07. The van der Waals surface area contributed by atoms with Crippen LogP contribution in [0.4, 0.5) is 0 Å². The summed E-state index contributed by atoms with van der Waals surface area (Å²) in [5.74, 6) is 1.36. The Labute approximate surface area is 144 Å². The van der Waals surface area contributed by atoms with Crippen LogP contribution in [0.25, 0.3) is 0 Å². The second kappa shape index (κ2) is 11.7. The maximum absolute atomic E-state index is 5.25. The number of thiocarbonyl (C=S) groups is 1. The first kappa shape index (κ1) is 19.2. The predicted molar refractivity (Wildman–Crippen MR) is 99.6 cm³/mol. The minimum absolute atomic E-state index is 0.539. The van der Waals surface area contributed by atoms with Gasteiger partial charge in [0, 0.05) is 6.54 Å². The first-order chi connectivity index (χ1) is 11.2. The van der Waals surface area contributed by atoms with Crippen LogP contribution in [-0.4, -0.2) is 32.1 Å². The fraction of sp³-hybridized carbons (Fsp3) is 0.529. The molecule has 0 saturated heterocycles. The molecule has 0 radical (unpaired) electrons. The number of nitrogens with one attached hydrogen (secondary N) is 2. The van der Waals surface area contributed by atoms with E-state index in [2.05, 4.69) is 22.8 Å². The zero-order chi connectivity index (χ0) is 16.9. The summed E-state index contributed by atoms with van der Waals surface area (Å²) in [5, 5.41) is 7.81. The van der Waals surface area contributed by atoms with Crippen molar-refractivity contribution in [1.29, 1.82) is 0 Å². The van der Waals surface area contributed by atoms with E-state index in [9.17, 15) is 0 Å². The summed E-state index contributed by atoms with van der Waals surface area (Å²) in [6.45, 7) is 3.09. The number of hydrazone groups is 1. The molecule has 0 amide bonds. The summed E-state index contributed by atoms with van der Waals surface area (Å²) in [6.07, 6.45) is 7.91. The van der Waals surface area contributed by atoms with Crippen molar-refractivity contribution in [3.05, 3.63) is 23.8 Å². The molecule has 0 heterocycles. The highest BCUT2D eigenvalue weighted by atomic mass is 32.1. The maximum Gasteiger partial charge on any atom is 0.186 e. The van der Waals surface area contributed by atoms with Gasteiger partial charge in [0.05, 0.1) is 20.4 Å². The Balaban J connectivity index is 2.31. The van der Waals surface area contributed by atoms with Crippen molar-refractivity contribution < 1.29 is 9.47 Å². The molecule has 0 bridgehead atoms. The zero-order valence-corrected chi connectivity index (χ0v) is 15.0. The maximum atomic E-state index is 5.25. The Morgan fingerprint density at radius 3 is 2.57 bits per heavy atom. The molecule has 2 N–H and O–H groups in total. The molecule has 128 valence electrons. The summed E-state index contributed by atoms with van der Waals surface area (Å²) in [5.41, 5.74) is 3.72. The third-order valence-corrected chi connectivity index (χ3v) is 3.59. The van der Waals surface area contributed by atoms with Gasteiger partial charge in [-0.1, -0.05) is 32.6 Å². The monoisotopic (exact) mass is 337 g/mol. The molecule has 1 aromatic carbocycles. The van der Waals surface area contributed by atoms with Crippen molar-refractivity contribution in [1.82, 2.24) is 10.7 Å². The van der Waals surface area contributed by atoms with Gasteiger partial charge in [-0.2, -0.15) is 5.10 Å². The number of unbranched alkanes of at least 4 members (excludes halogenated alkanes) is 4. The fourth-order valence-corrected chi connectivity index (χ4v) is 2.22. The van der Waals surface area contributed by atoms with Gasteiger partial charge in [-0.25, -0.2) is 0 Å². The van der Waals surface area contributed by atoms with Crippen molar-refractivity contribution in [2.45, 2.75) is 39.0 Å². The van der Waals surface area contributed by atoms with Crippen LogP contribution < -0.4 is 20.2 Å². The molecular weight excluding hydrogens is 310 g/mol. The average Bonchev–Trinajstić information content (AvgIpc) is 2.57. The van der Waals surface area contributed by atoms with Gasteiger partial charge < -0.3 is 14.8 Å². The van der Waals surface area contributed by atoms with E-state index in [1.807, 2.05) is 18.2 Å². The SMILES string of the molecule is CCCCCCCNC(=S)N/N=C\c1ccc(OC)c(OC)c1. The highest BCUT2D eigenvalue weighted by molar-refractivity contribution is 7.80. The van der Waals surface area contributed by atoms with Gasteiger partial charge in [0.2, 0.25) is 0 Å². The summed E-state index contributed by atoms with van der Waals surface area (Å²) < 4.78 is 10.4. The van der Waals surface area contributed by atoms with E-state index < -0.39 is 0 Å². The number of ether oxygens (including phenoxy) is 2. The Morgan fingerprint density at radius 1 is 1.13 bits per heavy atom. The van der Waals surface area contributed by atoms with Gasteiger partial charge >= 0.3 is 0 Å². The van der Waals surface area contributed by atoms with Gasteiger partial charge in [-0.3, -0.25) is 5.43 Å². The van der Waals surface area contributed by atoms with E-state index in [0.717, 1.165) is 18.5 Å². The molecule has 6 heteroatoms. The Kier molecular flexibility index (Phi) is 9.79. The van der Waals surface area contributed by atoms with Crippen LogP contribution in [0.3, 0.4) is 0 Å². The molecule has 1 rings (SSSR count). The number of benzene rings is 1. The van der Waals surface area contributed by atoms with E-state index >= 15 is 0 Å². The molecule has 1 aromatic rings. The minimum Gasteiger partial charge on any atom is -0.493 e. The lowest BCUT2D eigenvalue weighted by Crippen LogP contribution is -2.32. The van der Waals surface area contributed by atoms with Crippen molar-refractivity contribution in [2.24, 2.45) is 5.10 Å². The Bertz CT molecular complexity index is 507. The van der Waals surface area contributed by atoms with Gasteiger partial charge in [-0.15, -0.1) is 0 Å². The smallest absolute Gasteiger partial charge is 0.186 e. The molecule has 23 heavy (non-hydrogen) atoms. The molecule has 0 atom stereocenters. The van der Waals surface area contributed by atoms with Crippen LogP contribution in [0, 0.1) is 0 Å². The van der Waals surface area contributed by atoms with E-state index in [0.29, 0.717) is 16.6 Å². The van der Waals surface area contributed by atoms with Gasteiger partial charge in [0.15, 0.2) is 16.6 Å². The molecule has 0 saturated carbocycles. The summed E-state index contributed by atoms with van der Waals surface area (Å²) in [4.78, 5) is 0. The molecule has 0 aliphatic rings. The van der Waals surface area contributed by atoms with Crippen LogP contribution in [0.15, 0.2) is 23.3 Å². The van der Waals surface area contributed by atoms with Crippen LogP contribution in [-0.2, 0) is 0 Å². The normalized spacial score (nSPS) is 10.6. The lowest BCUT2D eigenvalue weighted by Gasteiger charge is -2.08. The number of hydrogen-bond donors (Lipinski definition) is 2. The van der Waals surface area contributed by atoms with Crippen molar-refractivity contribution in [2.75, 3.05) is 20.8 Å². The number of rotatable bonds is 10. The number of nitrogens with zero attached hydrogens (tertiary/aromatic N) is 1. The molecule has 0 aromatic heterocycles. The zero-order valence-electron chi connectivity index (χ0n) is 14.2. The summed E-state index contributed by atoms with van der Waals surface area (Å²) in [6, 6.07) is 5.60. The third kappa shape index (κ3) is 7.83. The predicted octanol–water partition coefficient (Wildman–Crippen LogP) is 3.47. The minimum atomic E-state index is 0.539. The van der Waals surface area contributed by atoms with E-state index in [-0.39, 0.29) is 0 Å². The van der Waals surface area contributed by atoms with Gasteiger partial charge in [0.25, 0.3) is 0 Å². The van der Waals surface area contributed by atoms with Crippen molar-refractivity contribution >= 4 is 23.5 Å². The highest BCUT2D eigenvalue weighted by Gasteiger charge is 2.02. The van der Waals surface area contributed by atoms with Gasteiger partial charge in [-0.05, 0) is 42.4 Å². The van der Waals surface area contributed by atoms with Crippen LogP contribution in [0.5, 0.6) is 11.5 Å². The molecule has 0 unspecified atom stereocenters. The number of hydrogen-bond acceptors (Lipinski definition) is 4. The lowest BCUT2D eigenvalue weighted by molar-refractivity contribution is 0.355. The summed E-state index contributed by atoms with van der Waals surface area (Å²) >= 11 is 5.18. The average molecular weight is 337 g/mol. The lowest BCUT2D eigenvalue weighted by atomic mass is 10.1. The molecule has 0 aliphatic heterocycles. The molecule has 0 aliphatic carbocycles. The third-order valence-electron chi connectivity index (χ3n) is 3.35. The molecular formula is C17H27N3O2S. The standard InChI is InChI=1S/C17H27N3O2S/c1-4-5-6-7-8-11-18-17(23)20-19-13-14-9-10-15(21-2)16(12-14)22-3/h9-10,12-13H,4-8,11H2,1-3H3,(H2,18,20,23)/b19-13-. The first-order valence-electron chi connectivity index (χ1n) is 8.00. The molecule has 5 nitrogen and oxygen atoms in total. The quantitative estimate of drug-likeness (QED) is 0.296. The number of methoxy groups -OCH3 is 2. The largest absolute Gasteiger partial charge is 0.493 e. The van der Waals surface area contributed by atoms with Crippen LogP contribution >= 0.6 is 12.2 Å². The van der Waals surface area contributed by atoms with Crippen LogP contribution in [0.1, 0.15) is 44.6 Å². The van der Waals surface area contributed by atoms with E-state index in [4.69, 9.17) is 21.7 Å². The summed E-state index contributed by atoms with van der Waals surface area (Å²) in [7, 11) is 3.22. The van der Waals surface area contributed by atoms with E-state index in [1.165, 1.54) is 25.7 Å². The molecule has 0 fully saturated rings. The first-order valence-corrected chi connectivity index (χ1v) is 8.41. The Hall–Kier alpha value is -1.82. The topological polar surface area (TPSA) is 54.9 Å². The Morgan fingerprint density at radius 2 is 1.87 bits per heavy atom. The molecule has 0 spiro atoms. The van der Waals surface area contributed by atoms with Crippen LogP contribution in [0.2, 0.25) is 0 Å². The van der Waals surface area contributed by atoms with Gasteiger partial charge in [0.1, 0.15) is 0 Å².